The van der Waals surface area contributed by atoms with Crippen LogP contribution in [0.3, 0.4) is 0 Å². The second kappa shape index (κ2) is 9.52. The van der Waals surface area contributed by atoms with Gasteiger partial charge < -0.3 is 14.5 Å². The molecular weight excluding hydrogens is 381 g/mol. The highest BCUT2D eigenvalue weighted by Crippen LogP contribution is 2.28. The molecule has 0 radical (unpaired) electrons. The van der Waals surface area contributed by atoms with Crippen molar-refractivity contribution in [2.24, 2.45) is 0 Å². The maximum atomic E-state index is 13.2. The predicted molar refractivity (Wildman–Crippen MR) is 115 cm³/mol. The first kappa shape index (κ1) is 20.1. The fraction of sp³-hybridized carbons (Fsp3) is 0.208. The van der Waals surface area contributed by atoms with E-state index in [1.165, 1.54) is 12.1 Å². The van der Waals surface area contributed by atoms with Gasteiger partial charge in [-0.3, -0.25) is 0 Å². The van der Waals surface area contributed by atoms with E-state index in [9.17, 15) is 4.39 Å². The van der Waals surface area contributed by atoms with Gasteiger partial charge in [-0.15, -0.1) is 0 Å². The number of halogens is 1. The summed E-state index contributed by atoms with van der Waals surface area (Å²) in [7, 11) is 1.71. The van der Waals surface area contributed by atoms with Crippen LogP contribution in [-0.4, -0.2) is 30.0 Å². The molecule has 0 bridgehead atoms. The van der Waals surface area contributed by atoms with Crippen LogP contribution in [0, 0.1) is 5.82 Å². The second-order valence-electron chi connectivity index (χ2n) is 6.98. The van der Waals surface area contributed by atoms with Gasteiger partial charge in [0.2, 0.25) is 0 Å². The Balaban J connectivity index is 1.59. The quantitative estimate of drug-likeness (QED) is 0.395. The van der Waals surface area contributed by atoms with Crippen molar-refractivity contribution in [2.75, 3.05) is 20.3 Å². The van der Waals surface area contributed by atoms with Crippen LogP contribution in [-0.2, 0) is 11.3 Å². The van der Waals surface area contributed by atoms with Crippen LogP contribution >= 0.6 is 0 Å². The van der Waals surface area contributed by atoms with Gasteiger partial charge >= 0.3 is 0 Å². The zero-order valence-corrected chi connectivity index (χ0v) is 16.8. The van der Waals surface area contributed by atoms with Crippen molar-refractivity contribution < 1.29 is 13.5 Å². The molecular formula is C24H24FN3O2. The van der Waals surface area contributed by atoms with Gasteiger partial charge in [0, 0.05) is 25.8 Å². The summed E-state index contributed by atoms with van der Waals surface area (Å²) in [4.78, 5) is 0. The molecule has 5 nitrogen and oxygen atoms in total. The largest absolute Gasteiger partial charge is 0.463 e. The molecule has 0 saturated carbocycles. The van der Waals surface area contributed by atoms with Crippen LogP contribution < -0.4 is 5.32 Å². The van der Waals surface area contributed by atoms with Crippen molar-refractivity contribution in [1.29, 1.82) is 0 Å². The number of ether oxygens (including phenoxy) is 1. The van der Waals surface area contributed by atoms with Crippen molar-refractivity contribution in [1.82, 2.24) is 15.1 Å². The van der Waals surface area contributed by atoms with E-state index >= 15 is 0 Å². The Morgan fingerprint density at radius 2 is 1.77 bits per heavy atom. The lowest BCUT2D eigenvalue weighted by Crippen LogP contribution is -2.16. The normalized spacial score (nSPS) is 11.1. The molecule has 30 heavy (non-hydrogen) atoms. The first-order chi connectivity index (χ1) is 14.8. The third-order valence-corrected chi connectivity index (χ3v) is 4.91. The Hall–Kier alpha value is -3.22. The molecule has 0 aliphatic carbocycles. The molecule has 2 aromatic carbocycles. The molecule has 0 aliphatic rings. The fourth-order valence-corrected chi connectivity index (χ4v) is 3.39. The Kier molecular flexibility index (Phi) is 6.37. The monoisotopic (exact) mass is 405 g/mol. The van der Waals surface area contributed by atoms with Crippen molar-refractivity contribution in [3.8, 4) is 28.3 Å². The maximum Gasteiger partial charge on any atom is 0.152 e. The van der Waals surface area contributed by atoms with Crippen molar-refractivity contribution >= 4 is 0 Å². The van der Waals surface area contributed by atoms with Crippen molar-refractivity contribution in [3.63, 3.8) is 0 Å². The SMILES string of the molecule is COCCCNCc1cnn(-c2ccc(-c3ccc(F)cc3)cc2)c1-c1ccco1. The molecule has 2 aromatic heterocycles. The lowest BCUT2D eigenvalue weighted by molar-refractivity contribution is 0.194. The van der Waals surface area contributed by atoms with Gasteiger partial charge in [-0.2, -0.15) is 5.10 Å². The number of nitrogens with zero attached hydrogens (tertiary/aromatic N) is 2. The molecule has 0 amide bonds. The summed E-state index contributed by atoms with van der Waals surface area (Å²) in [6.45, 7) is 2.29. The number of hydrogen-bond acceptors (Lipinski definition) is 4. The van der Waals surface area contributed by atoms with Crippen molar-refractivity contribution in [2.45, 2.75) is 13.0 Å². The number of rotatable bonds is 9. The van der Waals surface area contributed by atoms with Crippen LogP contribution in [0.4, 0.5) is 4.39 Å². The third-order valence-electron chi connectivity index (χ3n) is 4.91. The molecule has 0 saturated heterocycles. The van der Waals surface area contributed by atoms with Gasteiger partial charge in [0.05, 0.1) is 18.1 Å². The average Bonchev–Trinajstić information content (AvgIpc) is 3.44. The molecule has 4 rings (SSSR count). The molecule has 1 N–H and O–H groups in total. The van der Waals surface area contributed by atoms with Gasteiger partial charge in [-0.25, -0.2) is 9.07 Å². The minimum atomic E-state index is -0.238. The zero-order valence-electron chi connectivity index (χ0n) is 16.8. The fourth-order valence-electron chi connectivity index (χ4n) is 3.39. The van der Waals surface area contributed by atoms with Crippen LogP contribution in [0.5, 0.6) is 0 Å². The van der Waals surface area contributed by atoms with Gasteiger partial charge in [0.25, 0.3) is 0 Å². The molecule has 2 heterocycles. The molecule has 4 aromatic rings. The molecule has 0 fully saturated rings. The molecule has 154 valence electrons. The lowest BCUT2D eigenvalue weighted by atomic mass is 10.1. The van der Waals surface area contributed by atoms with Gasteiger partial charge in [-0.05, 0) is 60.5 Å². The van der Waals surface area contributed by atoms with Crippen LogP contribution in [0.2, 0.25) is 0 Å². The summed E-state index contributed by atoms with van der Waals surface area (Å²) in [5.41, 5.74) is 4.90. The first-order valence-corrected chi connectivity index (χ1v) is 9.93. The summed E-state index contributed by atoms with van der Waals surface area (Å²) in [5.74, 6) is 0.530. The van der Waals surface area contributed by atoms with Crippen LogP contribution in [0.1, 0.15) is 12.0 Å². The number of aromatic nitrogens is 2. The standard InChI is InChI=1S/C24H24FN3O2/c1-29-14-3-13-26-16-20-17-27-28(24(20)23-4-2-15-30-23)22-11-7-19(8-12-22)18-5-9-21(25)10-6-18/h2,4-12,15,17,26H,3,13-14,16H2,1H3. The minimum absolute atomic E-state index is 0.238. The van der Waals surface area contributed by atoms with Gasteiger partial charge in [0.15, 0.2) is 5.76 Å². The summed E-state index contributed by atoms with van der Waals surface area (Å²) in [6, 6.07) is 18.4. The highest BCUT2D eigenvalue weighted by Gasteiger charge is 2.16. The third kappa shape index (κ3) is 4.50. The summed E-state index contributed by atoms with van der Waals surface area (Å²) < 4.78 is 25.9. The number of furan rings is 1. The number of nitrogens with one attached hydrogen (secondary N) is 1. The topological polar surface area (TPSA) is 52.2 Å². The Morgan fingerprint density at radius 1 is 1.03 bits per heavy atom. The first-order valence-electron chi connectivity index (χ1n) is 9.93. The van der Waals surface area contributed by atoms with E-state index < -0.39 is 0 Å². The summed E-state index contributed by atoms with van der Waals surface area (Å²) >= 11 is 0. The zero-order chi connectivity index (χ0) is 20.8. The summed E-state index contributed by atoms with van der Waals surface area (Å²) in [5, 5.41) is 8.05. The summed E-state index contributed by atoms with van der Waals surface area (Å²) in [6.07, 6.45) is 4.49. The number of methoxy groups -OCH3 is 1. The highest BCUT2D eigenvalue weighted by atomic mass is 19.1. The lowest BCUT2D eigenvalue weighted by Gasteiger charge is -2.10. The minimum Gasteiger partial charge on any atom is -0.463 e. The smallest absolute Gasteiger partial charge is 0.152 e. The second-order valence-corrected chi connectivity index (χ2v) is 6.98. The van der Waals surface area contributed by atoms with E-state index in [1.54, 1.807) is 25.5 Å². The maximum absolute atomic E-state index is 13.2. The van der Waals surface area contributed by atoms with Crippen LogP contribution in [0.15, 0.2) is 77.5 Å². The Bertz CT molecular complexity index is 1060. The average molecular weight is 405 g/mol. The van der Waals surface area contributed by atoms with Gasteiger partial charge in [0.1, 0.15) is 11.5 Å². The molecule has 6 heteroatoms. The van der Waals surface area contributed by atoms with E-state index in [2.05, 4.69) is 10.4 Å². The number of benzene rings is 2. The Labute approximate surface area is 175 Å². The highest BCUT2D eigenvalue weighted by molar-refractivity contribution is 5.66. The molecule has 0 spiro atoms. The predicted octanol–water partition coefficient (Wildman–Crippen LogP) is 5.06. The van der Waals surface area contributed by atoms with E-state index in [0.29, 0.717) is 6.54 Å². The van der Waals surface area contributed by atoms with E-state index in [1.807, 2.05) is 47.3 Å². The van der Waals surface area contributed by atoms with E-state index in [0.717, 1.165) is 53.4 Å². The molecule has 0 atom stereocenters. The Morgan fingerprint density at radius 3 is 2.43 bits per heavy atom. The van der Waals surface area contributed by atoms with Crippen LogP contribution in [0.25, 0.3) is 28.3 Å². The number of hydrogen-bond donors (Lipinski definition) is 1. The molecule has 0 unspecified atom stereocenters. The van der Waals surface area contributed by atoms with E-state index in [4.69, 9.17) is 9.15 Å². The van der Waals surface area contributed by atoms with Gasteiger partial charge in [-0.1, -0.05) is 24.3 Å². The van der Waals surface area contributed by atoms with Crippen molar-refractivity contribution in [3.05, 3.63) is 84.5 Å². The molecule has 0 aliphatic heterocycles. The van der Waals surface area contributed by atoms with E-state index in [-0.39, 0.29) is 5.82 Å².